The minimum Gasteiger partial charge on any atom is -0.496 e. The summed E-state index contributed by atoms with van der Waals surface area (Å²) in [6.45, 7) is 2.65. The Morgan fingerprint density at radius 1 is 1.00 bits per heavy atom. The molecule has 24 heavy (non-hydrogen) atoms. The van der Waals surface area contributed by atoms with E-state index in [1.165, 1.54) is 5.56 Å². The SMILES string of the molecule is COc1cccc(OC)c1CNC(=O)OCCc1ccc(C)cc1. The second-order valence-electron chi connectivity index (χ2n) is 5.37. The Kier molecular flexibility index (Phi) is 6.49. The van der Waals surface area contributed by atoms with Gasteiger partial charge < -0.3 is 19.5 Å². The van der Waals surface area contributed by atoms with Gasteiger partial charge in [-0.15, -0.1) is 0 Å². The molecule has 2 aromatic carbocycles. The summed E-state index contributed by atoms with van der Waals surface area (Å²) in [5, 5.41) is 2.72. The summed E-state index contributed by atoms with van der Waals surface area (Å²) in [5.74, 6) is 1.32. The molecule has 0 unspecified atom stereocenters. The van der Waals surface area contributed by atoms with Crippen LogP contribution in [0.5, 0.6) is 11.5 Å². The first kappa shape index (κ1) is 17.7. The van der Waals surface area contributed by atoms with E-state index >= 15 is 0 Å². The quantitative estimate of drug-likeness (QED) is 0.845. The van der Waals surface area contributed by atoms with Gasteiger partial charge in [0.15, 0.2) is 0 Å². The van der Waals surface area contributed by atoms with Gasteiger partial charge >= 0.3 is 6.09 Å². The number of carbonyl (C=O) groups excluding carboxylic acids is 1. The van der Waals surface area contributed by atoms with Crippen molar-refractivity contribution in [1.29, 1.82) is 0 Å². The average molecular weight is 329 g/mol. The van der Waals surface area contributed by atoms with E-state index in [1.807, 2.05) is 49.4 Å². The molecule has 0 saturated heterocycles. The summed E-state index contributed by atoms with van der Waals surface area (Å²) < 4.78 is 15.8. The van der Waals surface area contributed by atoms with Crippen LogP contribution >= 0.6 is 0 Å². The van der Waals surface area contributed by atoms with Gasteiger partial charge in [-0.25, -0.2) is 4.79 Å². The number of hydrogen-bond acceptors (Lipinski definition) is 4. The molecule has 5 nitrogen and oxygen atoms in total. The van der Waals surface area contributed by atoms with Crippen LogP contribution in [0.1, 0.15) is 16.7 Å². The second kappa shape index (κ2) is 8.82. The van der Waals surface area contributed by atoms with Crippen LogP contribution in [0, 0.1) is 6.92 Å². The standard InChI is InChI=1S/C19H23NO4/c1-14-7-9-15(10-8-14)11-12-24-19(21)20-13-16-17(22-2)5-4-6-18(16)23-3/h4-10H,11-13H2,1-3H3,(H,20,21). The second-order valence-corrected chi connectivity index (χ2v) is 5.37. The van der Waals surface area contributed by atoms with Crippen LogP contribution in [0.2, 0.25) is 0 Å². The maximum atomic E-state index is 11.8. The number of benzene rings is 2. The van der Waals surface area contributed by atoms with Gasteiger partial charge in [0.25, 0.3) is 0 Å². The lowest BCUT2D eigenvalue weighted by molar-refractivity contribution is 0.147. The fourth-order valence-electron chi connectivity index (χ4n) is 2.33. The van der Waals surface area contributed by atoms with Crippen molar-refractivity contribution >= 4 is 6.09 Å². The van der Waals surface area contributed by atoms with Crippen LogP contribution in [0.25, 0.3) is 0 Å². The van der Waals surface area contributed by atoms with E-state index in [9.17, 15) is 4.79 Å². The minimum absolute atomic E-state index is 0.274. The number of aryl methyl sites for hydroxylation is 1. The van der Waals surface area contributed by atoms with Crippen molar-refractivity contribution in [3.63, 3.8) is 0 Å². The fourth-order valence-corrected chi connectivity index (χ4v) is 2.33. The highest BCUT2D eigenvalue weighted by molar-refractivity contribution is 5.67. The third kappa shape index (κ3) is 4.91. The molecule has 0 atom stereocenters. The summed E-state index contributed by atoms with van der Waals surface area (Å²) in [4.78, 5) is 11.8. The molecule has 0 aliphatic heterocycles. The van der Waals surface area contributed by atoms with Gasteiger partial charge in [-0.3, -0.25) is 0 Å². The van der Waals surface area contributed by atoms with Crippen LogP contribution in [0.4, 0.5) is 4.79 Å². The van der Waals surface area contributed by atoms with Crippen molar-refractivity contribution in [1.82, 2.24) is 5.32 Å². The first-order chi connectivity index (χ1) is 11.6. The molecule has 0 bridgehead atoms. The number of carbonyl (C=O) groups is 1. The van der Waals surface area contributed by atoms with E-state index in [-0.39, 0.29) is 6.54 Å². The van der Waals surface area contributed by atoms with Crippen LogP contribution in [0.15, 0.2) is 42.5 Å². The van der Waals surface area contributed by atoms with Crippen molar-refractivity contribution in [2.45, 2.75) is 19.9 Å². The first-order valence-corrected chi connectivity index (χ1v) is 7.80. The normalized spacial score (nSPS) is 10.1. The van der Waals surface area contributed by atoms with Crippen molar-refractivity contribution in [2.75, 3.05) is 20.8 Å². The van der Waals surface area contributed by atoms with E-state index < -0.39 is 6.09 Å². The molecule has 2 aromatic rings. The van der Waals surface area contributed by atoms with Crippen LogP contribution in [0.3, 0.4) is 0 Å². The number of alkyl carbamates (subject to hydrolysis) is 1. The molecule has 5 heteroatoms. The summed E-state index contributed by atoms with van der Waals surface area (Å²) in [7, 11) is 3.16. The molecule has 0 saturated carbocycles. The third-order valence-corrected chi connectivity index (χ3v) is 3.68. The van der Waals surface area contributed by atoms with Gasteiger partial charge in [-0.2, -0.15) is 0 Å². The predicted octanol–water partition coefficient (Wildman–Crippen LogP) is 3.48. The Morgan fingerprint density at radius 2 is 1.62 bits per heavy atom. The molecule has 0 heterocycles. The van der Waals surface area contributed by atoms with Gasteiger partial charge in [0.2, 0.25) is 0 Å². The van der Waals surface area contributed by atoms with E-state index in [1.54, 1.807) is 14.2 Å². The third-order valence-electron chi connectivity index (χ3n) is 3.68. The minimum atomic E-state index is -0.463. The molecule has 0 radical (unpaired) electrons. The van der Waals surface area contributed by atoms with Crippen molar-refractivity contribution in [3.8, 4) is 11.5 Å². The van der Waals surface area contributed by atoms with Crippen LogP contribution in [-0.2, 0) is 17.7 Å². The molecule has 0 aliphatic carbocycles. The summed E-state index contributed by atoms with van der Waals surface area (Å²) in [5.41, 5.74) is 3.13. The smallest absolute Gasteiger partial charge is 0.407 e. The molecular weight excluding hydrogens is 306 g/mol. The maximum Gasteiger partial charge on any atom is 0.407 e. The van der Waals surface area contributed by atoms with Crippen molar-refractivity contribution in [2.24, 2.45) is 0 Å². The number of rotatable bonds is 7. The monoisotopic (exact) mass is 329 g/mol. The fraction of sp³-hybridized carbons (Fsp3) is 0.316. The van der Waals surface area contributed by atoms with Gasteiger partial charge in [0.1, 0.15) is 11.5 Å². The Hall–Kier alpha value is -2.69. The van der Waals surface area contributed by atoms with Crippen LogP contribution < -0.4 is 14.8 Å². The lowest BCUT2D eigenvalue weighted by atomic mass is 10.1. The number of amides is 1. The molecular formula is C19H23NO4. The lowest BCUT2D eigenvalue weighted by Gasteiger charge is -2.13. The molecule has 0 spiro atoms. The Bertz CT molecular complexity index is 645. The van der Waals surface area contributed by atoms with Gasteiger partial charge in [-0.1, -0.05) is 35.9 Å². The first-order valence-electron chi connectivity index (χ1n) is 7.80. The average Bonchev–Trinajstić information content (AvgIpc) is 2.61. The van der Waals surface area contributed by atoms with Crippen molar-refractivity contribution < 1.29 is 19.0 Å². The van der Waals surface area contributed by atoms with E-state index in [0.717, 1.165) is 11.1 Å². The van der Waals surface area contributed by atoms with E-state index in [0.29, 0.717) is 24.5 Å². The maximum absolute atomic E-state index is 11.8. The Balaban J connectivity index is 1.82. The van der Waals surface area contributed by atoms with E-state index in [2.05, 4.69) is 5.32 Å². The van der Waals surface area contributed by atoms with Gasteiger partial charge in [0.05, 0.1) is 32.9 Å². The van der Waals surface area contributed by atoms with Crippen molar-refractivity contribution in [3.05, 3.63) is 59.2 Å². The van der Waals surface area contributed by atoms with E-state index in [4.69, 9.17) is 14.2 Å². The number of nitrogens with one attached hydrogen (secondary N) is 1. The Labute approximate surface area is 142 Å². The highest BCUT2D eigenvalue weighted by atomic mass is 16.5. The number of hydrogen-bond donors (Lipinski definition) is 1. The molecule has 0 aromatic heterocycles. The molecule has 1 N–H and O–H groups in total. The zero-order valence-electron chi connectivity index (χ0n) is 14.3. The zero-order chi connectivity index (χ0) is 17.4. The highest BCUT2D eigenvalue weighted by Crippen LogP contribution is 2.27. The lowest BCUT2D eigenvalue weighted by Crippen LogP contribution is -2.25. The number of ether oxygens (including phenoxy) is 3. The molecule has 0 aliphatic rings. The topological polar surface area (TPSA) is 56.8 Å². The summed E-state index contributed by atoms with van der Waals surface area (Å²) >= 11 is 0. The highest BCUT2D eigenvalue weighted by Gasteiger charge is 2.11. The Morgan fingerprint density at radius 3 is 2.21 bits per heavy atom. The summed E-state index contributed by atoms with van der Waals surface area (Å²) in [6, 6.07) is 13.6. The largest absolute Gasteiger partial charge is 0.496 e. The predicted molar refractivity (Wildman–Crippen MR) is 92.6 cm³/mol. The van der Waals surface area contributed by atoms with Gasteiger partial charge in [0, 0.05) is 6.42 Å². The molecule has 128 valence electrons. The molecule has 0 fully saturated rings. The molecule has 2 rings (SSSR count). The molecule has 1 amide bonds. The van der Waals surface area contributed by atoms with Crippen LogP contribution in [-0.4, -0.2) is 26.9 Å². The number of methoxy groups -OCH3 is 2. The van der Waals surface area contributed by atoms with Gasteiger partial charge in [-0.05, 0) is 24.6 Å². The zero-order valence-corrected chi connectivity index (χ0v) is 14.3. The summed E-state index contributed by atoms with van der Waals surface area (Å²) in [6.07, 6.45) is 0.223.